The van der Waals surface area contributed by atoms with E-state index in [4.69, 9.17) is 0 Å². The van der Waals surface area contributed by atoms with Crippen molar-refractivity contribution < 1.29 is 13.2 Å². The Bertz CT molecular complexity index is 968. The van der Waals surface area contributed by atoms with Crippen molar-refractivity contribution in [3.63, 3.8) is 0 Å². The Hall–Kier alpha value is -2.34. The molecule has 3 atom stereocenters. The second kappa shape index (κ2) is 7.24. The molecule has 0 saturated heterocycles. The molecule has 0 aliphatic heterocycles. The molecule has 148 valence electrons. The molecule has 2 bridgehead atoms. The first kappa shape index (κ1) is 19.0. The largest absolute Gasteiger partial charge is 0.349 e. The summed E-state index contributed by atoms with van der Waals surface area (Å²) in [6.45, 7) is 1.92. The lowest BCUT2D eigenvalue weighted by Gasteiger charge is -2.23. The molecule has 0 radical (unpaired) electrons. The summed E-state index contributed by atoms with van der Waals surface area (Å²) in [7, 11) is -2.11. The van der Waals surface area contributed by atoms with Crippen molar-refractivity contribution in [3.05, 3.63) is 59.7 Å². The molecule has 0 unspecified atom stereocenters. The van der Waals surface area contributed by atoms with Crippen LogP contribution in [0.3, 0.4) is 0 Å². The maximum Gasteiger partial charge on any atom is 0.264 e. The fraction of sp³-hybridized carbons (Fsp3) is 0.409. The number of nitrogens with zero attached hydrogens (tertiary/aromatic N) is 1. The van der Waals surface area contributed by atoms with Gasteiger partial charge in [0.1, 0.15) is 0 Å². The van der Waals surface area contributed by atoms with Crippen LogP contribution in [0.1, 0.15) is 41.6 Å². The summed E-state index contributed by atoms with van der Waals surface area (Å²) >= 11 is 0. The fourth-order valence-electron chi connectivity index (χ4n) is 4.50. The number of nitrogens with one attached hydrogen (secondary N) is 1. The van der Waals surface area contributed by atoms with Crippen molar-refractivity contribution >= 4 is 21.6 Å². The minimum Gasteiger partial charge on any atom is -0.349 e. The molecule has 2 fully saturated rings. The van der Waals surface area contributed by atoms with E-state index in [1.165, 1.54) is 30.6 Å². The van der Waals surface area contributed by atoms with E-state index in [9.17, 15) is 13.2 Å². The smallest absolute Gasteiger partial charge is 0.264 e. The highest BCUT2D eigenvalue weighted by atomic mass is 32.2. The monoisotopic (exact) mass is 398 g/mol. The first-order valence-corrected chi connectivity index (χ1v) is 11.2. The molecule has 2 aliphatic carbocycles. The SMILES string of the molecule is Cc1ccc(S(=O)(=O)N(C)c2ccc(C(=O)N[C@H]3C[C@@H]4CC[C@@H]3C4)cc2)cc1. The number of anilines is 1. The third-order valence-electron chi connectivity index (χ3n) is 6.23. The summed E-state index contributed by atoms with van der Waals surface area (Å²) in [6, 6.07) is 13.8. The lowest BCUT2D eigenvalue weighted by Crippen LogP contribution is -2.38. The first-order chi connectivity index (χ1) is 13.3. The molecular weight excluding hydrogens is 372 g/mol. The summed E-state index contributed by atoms with van der Waals surface area (Å²) in [5.41, 5.74) is 2.09. The van der Waals surface area contributed by atoms with Gasteiger partial charge in [0.25, 0.3) is 15.9 Å². The van der Waals surface area contributed by atoms with Gasteiger partial charge >= 0.3 is 0 Å². The standard InChI is InChI=1S/C22H26N2O3S/c1-15-3-11-20(12-4-15)28(26,27)24(2)19-9-7-17(8-10-19)22(25)23-21-14-16-5-6-18(21)13-16/h3-4,7-12,16,18,21H,5-6,13-14H2,1-2H3,(H,23,25)/t16-,18-,21+/m1/s1. The Morgan fingerprint density at radius 1 is 1.00 bits per heavy atom. The molecular formula is C22H26N2O3S. The van der Waals surface area contributed by atoms with Gasteiger partial charge in [-0.25, -0.2) is 8.42 Å². The zero-order chi connectivity index (χ0) is 19.9. The maximum atomic E-state index is 12.8. The van der Waals surface area contributed by atoms with E-state index in [1.807, 2.05) is 6.92 Å². The van der Waals surface area contributed by atoms with Gasteiger partial charge in [-0.15, -0.1) is 0 Å². The Morgan fingerprint density at radius 2 is 1.68 bits per heavy atom. The van der Waals surface area contributed by atoms with E-state index in [1.54, 1.807) is 48.5 Å². The summed E-state index contributed by atoms with van der Waals surface area (Å²) in [4.78, 5) is 12.8. The van der Waals surface area contributed by atoms with E-state index < -0.39 is 10.0 Å². The highest BCUT2D eigenvalue weighted by molar-refractivity contribution is 7.92. The number of carbonyl (C=O) groups excluding carboxylic acids is 1. The summed E-state index contributed by atoms with van der Waals surface area (Å²) in [5, 5.41) is 3.17. The molecule has 2 aromatic rings. The predicted octanol–water partition coefficient (Wildman–Crippen LogP) is 3.74. The van der Waals surface area contributed by atoms with Gasteiger partial charge in [-0.3, -0.25) is 9.10 Å². The Morgan fingerprint density at radius 3 is 2.25 bits per heavy atom. The quantitative estimate of drug-likeness (QED) is 0.834. The first-order valence-electron chi connectivity index (χ1n) is 9.81. The molecule has 2 aliphatic rings. The van der Waals surface area contributed by atoms with E-state index in [0.717, 1.165) is 17.9 Å². The molecule has 0 heterocycles. The number of carbonyl (C=O) groups is 1. The van der Waals surface area contributed by atoms with E-state index in [2.05, 4.69) is 5.32 Å². The van der Waals surface area contributed by atoms with E-state index >= 15 is 0 Å². The van der Waals surface area contributed by atoms with Crippen molar-refractivity contribution in [1.82, 2.24) is 5.32 Å². The van der Waals surface area contributed by atoms with Crippen molar-refractivity contribution in [2.45, 2.75) is 43.5 Å². The Balaban J connectivity index is 1.46. The second-order valence-electron chi connectivity index (χ2n) is 8.09. The van der Waals surface area contributed by atoms with Crippen LogP contribution in [0.15, 0.2) is 53.4 Å². The summed E-state index contributed by atoms with van der Waals surface area (Å²) in [6.07, 6.45) is 4.85. The highest BCUT2D eigenvalue weighted by Gasteiger charge is 2.40. The molecule has 0 aromatic heterocycles. The maximum absolute atomic E-state index is 12.8. The second-order valence-corrected chi connectivity index (χ2v) is 10.1. The number of rotatable bonds is 5. The number of fused-ring (bicyclic) bond motifs is 2. The van der Waals surface area contributed by atoms with Crippen LogP contribution in [-0.4, -0.2) is 27.4 Å². The molecule has 0 spiro atoms. The third kappa shape index (κ3) is 3.53. The van der Waals surface area contributed by atoms with Crippen LogP contribution < -0.4 is 9.62 Å². The zero-order valence-corrected chi connectivity index (χ0v) is 17.1. The predicted molar refractivity (Wildman–Crippen MR) is 110 cm³/mol. The van der Waals surface area contributed by atoms with Gasteiger partial charge in [0.15, 0.2) is 0 Å². The van der Waals surface area contributed by atoms with Gasteiger partial charge in [-0.2, -0.15) is 0 Å². The molecule has 1 amide bonds. The normalized spacial score (nSPS) is 23.6. The lowest BCUT2D eigenvalue weighted by molar-refractivity contribution is 0.0923. The lowest BCUT2D eigenvalue weighted by atomic mass is 9.95. The number of hydrogen-bond acceptors (Lipinski definition) is 3. The summed E-state index contributed by atoms with van der Waals surface area (Å²) < 4.78 is 26.9. The number of sulfonamides is 1. The van der Waals surface area contributed by atoms with Crippen molar-refractivity contribution in [2.75, 3.05) is 11.4 Å². The Labute approximate surface area is 166 Å². The molecule has 6 heteroatoms. The molecule has 4 rings (SSSR count). The Kier molecular flexibility index (Phi) is 4.91. The molecule has 1 N–H and O–H groups in total. The van der Waals surface area contributed by atoms with Crippen LogP contribution in [-0.2, 0) is 10.0 Å². The highest BCUT2D eigenvalue weighted by Crippen LogP contribution is 2.44. The third-order valence-corrected chi connectivity index (χ3v) is 8.03. The average Bonchev–Trinajstić information content (AvgIpc) is 3.31. The van der Waals surface area contributed by atoms with Gasteiger partial charge in [-0.1, -0.05) is 24.1 Å². The number of aryl methyl sites for hydroxylation is 1. The van der Waals surface area contributed by atoms with Crippen LogP contribution in [0.25, 0.3) is 0 Å². The summed E-state index contributed by atoms with van der Waals surface area (Å²) in [5.74, 6) is 1.32. The minimum absolute atomic E-state index is 0.0758. The van der Waals surface area contributed by atoms with Crippen molar-refractivity contribution in [2.24, 2.45) is 11.8 Å². The molecule has 5 nitrogen and oxygen atoms in total. The topological polar surface area (TPSA) is 66.5 Å². The minimum atomic E-state index is -3.63. The molecule has 2 saturated carbocycles. The van der Waals surface area contributed by atoms with Crippen LogP contribution >= 0.6 is 0 Å². The van der Waals surface area contributed by atoms with Crippen molar-refractivity contribution in [1.29, 1.82) is 0 Å². The van der Waals surface area contributed by atoms with Gasteiger partial charge in [0.05, 0.1) is 10.6 Å². The number of hydrogen-bond donors (Lipinski definition) is 1. The van der Waals surface area contributed by atoms with E-state index in [-0.39, 0.29) is 16.8 Å². The van der Waals surface area contributed by atoms with Gasteiger partial charge < -0.3 is 5.32 Å². The fourth-order valence-corrected chi connectivity index (χ4v) is 5.70. The van der Waals surface area contributed by atoms with Crippen LogP contribution in [0, 0.1) is 18.8 Å². The number of amides is 1. The van der Waals surface area contributed by atoms with Crippen molar-refractivity contribution in [3.8, 4) is 0 Å². The van der Waals surface area contributed by atoms with E-state index in [0.29, 0.717) is 17.2 Å². The number of benzene rings is 2. The van der Waals surface area contributed by atoms with Crippen LogP contribution in [0.2, 0.25) is 0 Å². The van der Waals surface area contributed by atoms with Gasteiger partial charge in [-0.05, 0) is 74.4 Å². The zero-order valence-electron chi connectivity index (χ0n) is 16.3. The van der Waals surface area contributed by atoms with Crippen LogP contribution in [0.5, 0.6) is 0 Å². The van der Waals surface area contributed by atoms with Gasteiger partial charge in [0, 0.05) is 18.7 Å². The average molecular weight is 399 g/mol. The molecule has 28 heavy (non-hydrogen) atoms. The van der Waals surface area contributed by atoms with Crippen LogP contribution in [0.4, 0.5) is 5.69 Å². The van der Waals surface area contributed by atoms with Gasteiger partial charge in [0.2, 0.25) is 0 Å². The molecule has 2 aromatic carbocycles.